The van der Waals surface area contributed by atoms with Crippen molar-refractivity contribution >= 4 is 5.91 Å². The van der Waals surface area contributed by atoms with Gasteiger partial charge in [0.1, 0.15) is 19.0 Å². The molecule has 0 radical (unpaired) electrons. The molecule has 5 heteroatoms. The third-order valence-corrected chi connectivity index (χ3v) is 4.51. The van der Waals surface area contributed by atoms with Crippen LogP contribution in [0.4, 0.5) is 0 Å². The number of hydrogen-bond acceptors (Lipinski definition) is 4. The fourth-order valence-electron chi connectivity index (χ4n) is 3.02. The van der Waals surface area contributed by atoms with E-state index in [2.05, 4.69) is 12.2 Å². The minimum Gasteiger partial charge on any atom is -0.497 e. The number of amides is 1. The zero-order valence-electron chi connectivity index (χ0n) is 15.3. The number of methoxy groups -OCH3 is 1. The fourth-order valence-corrected chi connectivity index (χ4v) is 3.02. The van der Waals surface area contributed by atoms with Gasteiger partial charge in [-0.1, -0.05) is 25.1 Å². The van der Waals surface area contributed by atoms with Crippen LogP contribution in [0, 0.1) is 0 Å². The molecule has 3 rings (SSSR count). The van der Waals surface area contributed by atoms with Gasteiger partial charge in [0.05, 0.1) is 13.2 Å². The first-order valence-electron chi connectivity index (χ1n) is 9.01. The van der Waals surface area contributed by atoms with Crippen molar-refractivity contribution in [1.29, 1.82) is 0 Å². The summed E-state index contributed by atoms with van der Waals surface area (Å²) in [5.74, 6) is 2.39. The number of benzene rings is 2. The summed E-state index contributed by atoms with van der Waals surface area (Å²) in [6, 6.07) is 13.7. The van der Waals surface area contributed by atoms with Gasteiger partial charge in [-0.15, -0.1) is 0 Å². The van der Waals surface area contributed by atoms with E-state index in [0.717, 1.165) is 34.8 Å². The first-order valence-corrected chi connectivity index (χ1v) is 9.01. The van der Waals surface area contributed by atoms with Gasteiger partial charge in [0.2, 0.25) is 5.91 Å². The van der Waals surface area contributed by atoms with E-state index in [1.54, 1.807) is 7.11 Å². The Hall–Kier alpha value is -2.69. The summed E-state index contributed by atoms with van der Waals surface area (Å²) in [5, 5.41) is 3.12. The standard InChI is InChI=1S/C21H25NO4/c1-3-18(16-6-8-17(24-2)9-7-16)22-21(23)11-5-15-4-10-19-20(14-15)26-13-12-25-19/h4,6-10,14,18H,3,5,11-13H2,1-2H3,(H,22,23)/t18-/m0/s1. The molecule has 0 saturated carbocycles. The van der Waals surface area contributed by atoms with Gasteiger partial charge in [-0.25, -0.2) is 0 Å². The molecule has 1 amide bonds. The van der Waals surface area contributed by atoms with E-state index < -0.39 is 0 Å². The Labute approximate surface area is 154 Å². The third kappa shape index (κ3) is 4.48. The minimum absolute atomic E-state index is 0.00803. The normalized spacial score (nSPS) is 13.8. The molecule has 0 fully saturated rings. The maximum atomic E-state index is 12.4. The predicted molar refractivity (Wildman–Crippen MR) is 99.9 cm³/mol. The minimum atomic E-state index is 0.00803. The van der Waals surface area contributed by atoms with Gasteiger partial charge in [-0.05, 0) is 48.2 Å². The van der Waals surface area contributed by atoms with Crippen molar-refractivity contribution in [3.05, 3.63) is 53.6 Å². The van der Waals surface area contributed by atoms with Crippen molar-refractivity contribution in [2.24, 2.45) is 0 Å². The van der Waals surface area contributed by atoms with Gasteiger partial charge in [0, 0.05) is 6.42 Å². The molecule has 1 aliphatic heterocycles. The zero-order valence-corrected chi connectivity index (χ0v) is 15.3. The van der Waals surface area contributed by atoms with Crippen LogP contribution in [0.3, 0.4) is 0 Å². The summed E-state index contributed by atoms with van der Waals surface area (Å²) in [7, 11) is 1.64. The number of aryl methyl sites for hydroxylation is 1. The van der Waals surface area contributed by atoms with Crippen molar-refractivity contribution in [3.63, 3.8) is 0 Å². The Morgan fingerprint density at radius 3 is 2.54 bits per heavy atom. The second-order valence-corrected chi connectivity index (χ2v) is 6.28. The largest absolute Gasteiger partial charge is 0.497 e. The lowest BCUT2D eigenvalue weighted by atomic mass is 10.0. The van der Waals surface area contributed by atoms with E-state index in [1.807, 2.05) is 42.5 Å². The first kappa shape index (κ1) is 18.1. The van der Waals surface area contributed by atoms with Gasteiger partial charge < -0.3 is 19.5 Å². The highest BCUT2D eigenvalue weighted by Gasteiger charge is 2.15. The molecule has 1 atom stereocenters. The quantitative estimate of drug-likeness (QED) is 0.823. The number of fused-ring (bicyclic) bond motifs is 1. The highest BCUT2D eigenvalue weighted by molar-refractivity contribution is 5.76. The van der Waals surface area contributed by atoms with Crippen molar-refractivity contribution in [1.82, 2.24) is 5.32 Å². The molecule has 2 aromatic carbocycles. The molecule has 0 aromatic heterocycles. The second kappa shape index (κ2) is 8.61. The maximum Gasteiger partial charge on any atom is 0.220 e. The lowest BCUT2D eigenvalue weighted by molar-refractivity contribution is -0.121. The summed E-state index contributed by atoms with van der Waals surface area (Å²) in [5.41, 5.74) is 2.16. The summed E-state index contributed by atoms with van der Waals surface area (Å²) >= 11 is 0. The average molecular weight is 355 g/mol. The van der Waals surface area contributed by atoms with Gasteiger partial charge in [-0.3, -0.25) is 4.79 Å². The number of carbonyl (C=O) groups is 1. The smallest absolute Gasteiger partial charge is 0.220 e. The van der Waals surface area contributed by atoms with Crippen molar-refractivity contribution < 1.29 is 19.0 Å². The molecule has 138 valence electrons. The van der Waals surface area contributed by atoms with E-state index in [9.17, 15) is 4.79 Å². The molecule has 0 saturated heterocycles. The van der Waals surface area contributed by atoms with Crippen molar-refractivity contribution in [3.8, 4) is 17.2 Å². The molecule has 0 unspecified atom stereocenters. The van der Waals surface area contributed by atoms with E-state index in [4.69, 9.17) is 14.2 Å². The number of nitrogens with one attached hydrogen (secondary N) is 1. The van der Waals surface area contributed by atoms with Crippen LogP contribution >= 0.6 is 0 Å². The molecule has 0 aliphatic carbocycles. The topological polar surface area (TPSA) is 56.8 Å². The molecule has 1 aliphatic rings. The number of hydrogen-bond donors (Lipinski definition) is 1. The lowest BCUT2D eigenvalue weighted by Gasteiger charge is -2.19. The highest BCUT2D eigenvalue weighted by atomic mass is 16.6. The zero-order chi connectivity index (χ0) is 18.4. The van der Waals surface area contributed by atoms with Crippen LogP contribution in [0.5, 0.6) is 17.2 Å². The highest BCUT2D eigenvalue weighted by Crippen LogP contribution is 2.31. The Morgan fingerprint density at radius 1 is 1.12 bits per heavy atom. The molecule has 1 N–H and O–H groups in total. The van der Waals surface area contributed by atoms with Crippen LogP contribution in [-0.2, 0) is 11.2 Å². The lowest BCUT2D eigenvalue weighted by Crippen LogP contribution is -2.28. The van der Waals surface area contributed by atoms with E-state index in [0.29, 0.717) is 26.1 Å². The monoisotopic (exact) mass is 355 g/mol. The summed E-state index contributed by atoms with van der Waals surface area (Å²) in [6.07, 6.45) is 1.94. The van der Waals surface area contributed by atoms with E-state index in [-0.39, 0.29) is 11.9 Å². The number of ether oxygens (including phenoxy) is 3. The molecule has 2 aromatic rings. The summed E-state index contributed by atoms with van der Waals surface area (Å²) in [4.78, 5) is 12.4. The number of carbonyl (C=O) groups excluding carboxylic acids is 1. The number of rotatable bonds is 7. The van der Waals surface area contributed by atoms with Gasteiger partial charge >= 0.3 is 0 Å². The molecule has 1 heterocycles. The SMILES string of the molecule is CC[C@H](NC(=O)CCc1ccc2c(c1)OCCO2)c1ccc(OC)cc1. The average Bonchev–Trinajstić information content (AvgIpc) is 2.70. The van der Waals surface area contributed by atoms with Crippen molar-refractivity contribution in [2.75, 3.05) is 20.3 Å². The van der Waals surface area contributed by atoms with Crippen molar-refractivity contribution in [2.45, 2.75) is 32.2 Å². The van der Waals surface area contributed by atoms with Crippen LogP contribution in [0.1, 0.15) is 36.9 Å². The predicted octanol–water partition coefficient (Wildman–Crippen LogP) is 3.67. The Morgan fingerprint density at radius 2 is 1.85 bits per heavy atom. The summed E-state index contributed by atoms with van der Waals surface area (Å²) < 4.78 is 16.3. The molecular formula is C21H25NO4. The Kier molecular flexibility index (Phi) is 6.00. The van der Waals surface area contributed by atoms with Gasteiger partial charge in [0.15, 0.2) is 11.5 Å². The molecule has 5 nitrogen and oxygen atoms in total. The fraction of sp³-hybridized carbons (Fsp3) is 0.381. The van der Waals surface area contributed by atoms with Gasteiger partial charge in [-0.2, -0.15) is 0 Å². The van der Waals surface area contributed by atoms with Crippen LogP contribution in [0.25, 0.3) is 0 Å². The maximum absolute atomic E-state index is 12.4. The Bertz CT molecular complexity index is 742. The van der Waals surface area contributed by atoms with Gasteiger partial charge in [0.25, 0.3) is 0 Å². The molecule has 0 spiro atoms. The Balaban J connectivity index is 1.55. The molecular weight excluding hydrogens is 330 g/mol. The third-order valence-electron chi connectivity index (χ3n) is 4.51. The molecule has 26 heavy (non-hydrogen) atoms. The van der Waals surface area contributed by atoms with E-state index >= 15 is 0 Å². The van der Waals surface area contributed by atoms with Crippen LogP contribution in [0.15, 0.2) is 42.5 Å². The van der Waals surface area contributed by atoms with Crippen LogP contribution < -0.4 is 19.5 Å². The van der Waals surface area contributed by atoms with Crippen LogP contribution in [-0.4, -0.2) is 26.2 Å². The van der Waals surface area contributed by atoms with E-state index in [1.165, 1.54) is 0 Å². The van der Waals surface area contributed by atoms with Crippen LogP contribution in [0.2, 0.25) is 0 Å². The second-order valence-electron chi connectivity index (χ2n) is 6.28. The first-order chi connectivity index (χ1) is 12.7. The molecule has 0 bridgehead atoms. The summed E-state index contributed by atoms with van der Waals surface area (Å²) in [6.45, 7) is 3.21.